The maximum atomic E-state index is 12.0. The molecule has 1 aromatic rings. The summed E-state index contributed by atoms with van der Waals surface area (Å²) < 4.78 is 0. The summed E-state index contributed by atoms with van der Waals surface area (Å²) in [4.78, 5) is 23.9. The fourth-order valence-corrected chi connectivity index (χ4v) is 3.04. The van der Waals surface area contributed by atoms with Gasteiger partial charge in [0.15, 0.2) is 0 Å². The van der Waals surface area contributed by atoms with Crippen LogP contribution in [-0.2, 0) is 9.59 Å². The zero-order valence-corrected chi connectivity index (χ0v) is 14.1. The predicted molar refractivity (Wildman–Crippen MR) is 91.4 cm³/mol. The van der Waals surface area contributed by atoms with Gasteiger partial charge in [0.25, 0.3) is 0 Å². The normalized spacial score (nSPS) is 11.9. The standard InChI is InChI=1S/C17H25NO3S/c1-3-5-6-7-12-16(19)18-13-10-8-9-11-15(13)22-14(4-2)17(20)21/h8-11,14H,3-7,12H2,1-2H3,(H,18,19)(H,20,21). The molecule has 122 valence electrons. The van der Waals surface area contributed by atoms with Gasteiger partial charge in [0.2, 0.25) is 5.91 Å². The third kappa shape index (κ3) is 6.52. The maximum absolute atomic E-state index is 12.0. The summed E-state index contributed by atoms with van der Waals surface area (Å²) in [5.41, 5.74) is 0.702. The van der Waals surface area contributed by atoms with Crippen LogP contribution in [0.5, 0.6) is 0 Å². The number of para-hydroxylation sites is 1. The molecule has 0 saturated heterocycles. The number of aliphatic carboxylic acids is 1. The number of anilines is 1. The van der Waals surface area contributed by atoms with E-state index in [4.69, 9.17) is 5.11 Å². The van der Waals surface area contributed by atoms with Crippen molar-refractivity contribution >= 4 is 29.3 Å². The highest BCUT2D eigenvalue weighted by molar-refractivity contribution is 8.00. The van der Waals surface area contributed by atoms with Crippen molar-refractivity contribution in [3.05, 3.63) is 24.3 Å². The van der Waals surface area contributed by atoms with Crippen LogP contribution in [0.3, 0.4) is 0 Å². The van der Waals surface area contributed by atoms with Crippen LogP contribution in [-0.4, -0.2) is 22.2 Å². The quantitative estimate of drug-likeness (QED) is 0.489. The van der Waals surface area contributed by atoms with Crippen LogP contribution in [0.2, 0.25) is 0 Å². The molecule has 2 N–H and O–H groups in total. The average Bonchev–Trinajstić information content (AvgIpc) is 2.50. The lowest BCUT2D eigenvalue weighted by molar-refractivity contribution is -0.136. The second kappa shape index (κ2) is 10.3. The monoisotopic (exact) mass is 323 g/mol. The van der Waals surface area contributed by atoms with Crippen molar-refractivity contribution < 1.29 is 14.7 Å². The summed E-state index contributed by atoms with van der Waals surface area (Å²) in [7, 11) is 0. The van der Waals surface area contributed by atoms with E-state index < -0.39 is 11.2 Å². The first-order valence-corrected chi connectivity index (χ1v) is 8.74. The third-order valence-corrected chi connectivity index (χ3v) is 4.76. The summed E-state index contributed by atoms with van der Waals surface area (Å²) in [6, 6.07) is 7.37. The van der Waals surface area contributed by atoms with Crippen molar-refractivity contribution in [1.29, 1.82) is 0 Å². The minimum Gasteiger partial charge on any atom is -0.480 e. The number of hydrogen-bond acceptors (Lipinski definition) is 3. The molecule has 0 aromatic heterocycles. The highest BCUT2D eigenvalue weighted by Crippen LogP contribution is 2.32. The number of hydrogen-bond donors (Lipinski definition) is 2. The third-order valence-electron chi connectivity index (χ3n) is 3.33. The number of amides is 1. The van der Waals surface area contributed by atoms with Gasteiger partial charge in [0.05, 0.1) is 5.69 Å². The Hall–Kier alpha value is -1.49. The van der Waals surface area contributed by atoms with Gasteiger partial charge < -0.3 is 10.4 Å². The topological polar surface area (TPSA) is 66.4 Å². The summed E-state index contributed by atoms with van der Waals surface area (Å²) >= 11 is 1.28. The zero-order valence-electron chi connectivity index (χ0n) is 13.3. The Morgan fingerprint density at radius 2 is 1.91 bits per heavy atom. The largest absolute Gasteiger partial charge is 0.480 e. The number of unbranched alkanes of at least 4 members (excludes halogenated alkanes) is 3. The molecule has 0 heterocycles. The molecule has 1 aromatic carbocycles. The minimum atomic E-state index is -0.826. The smallest absolute Gasteiger partial charge is 0.316 e. The summed E-state index contributed by atoms with van der Waals surface area (Å²) in [6.07, 6.45) is 5.30. The molecule has 5 heteroatoms. The number of carbonyl (C=O) groups is 2. The van der Waals surface area contributed by atoms with Crippen LogP contribution in [0.15, 0.2) is 29.2 Å². The lowest BCUT2D eigenvalue weighted by Crippen LogP contribution is -2.16. The molecule has 0 bridgehead atoms. The van der Waals surface area contributed by atoms with Crippen molar-refractivity contribution in [1.82, 2.24) is 0 Å². The number of thioether (sulfide) groups is 1. The summed E-state index contributed by atoms with van der Waals surface area (Å²) in [5, 5.41) is 11.6. The Kier molecular flexibility index (Phi) is 8.67. The molecule has 0 fully saturated rings. The number of nitrogens with one attached hydrogen (secondary N) is 1. The van der Waals surface area contributed by atoms with E-state index >= 15 is 0 Å². The SMILES string of the molecule is CCCCCCC(=O)Nc1ccccc1SC(CC)C(=O)O. The highest BCUT2D eigenvalue weighted by atomic mass is 32.2. The first-order chi connectivity index (χ1) is 10.6. The van der Waals surface area contributed by atoms with Crippen LogP contribution < -0.4 is 5.32 Å². The van der Waals surface area contributed by atoms with Crippen LogP contribution in [0.1, 0.15) is 52.4 Å². The van der Waals surface area contributed by atoms with E-state index in [1.807, 2.05) is 31.2 Å². The first-order valence-electron chi connectivity index (χ1n) is 7.86. The molecule has 4 nitrogen and oxygen atoms in total. The minimum absolute atomic E-state index is 0.00692. The van der Waals surface area contributed by atoms with Crippen molar-refractivity contribution in [3.63, 3.8) is 0 Å². The maximum Gasteiger partial charge on any atom is 0.316 e. The molecule has 1 unspecified atom stereocenters. The Morgan fingerprint density at radius 1 is 1.18 bits per heavy atom. The van der Waals surface area contributed by atoms with E-state index in [1.54, 1.807) is 0 Å². The highest BCUT2D eigenvalue weighted by Gasteiger charge is 2.18. The fourth-order valence-electron chi connectivity index (χ4n) is 2.06. The van der Waals surface area contributed by atoms with Crippen LogP contribution in [0.25, 0.3) is 0 Å². The molecular formula is C17H25NO3S. The predicted octanol–water partition coefficient (Wildman–Crippen LogP) is 4.55. The lowest BCUT2D eigenvalue weighted by Gasteiger charge is -2.14. The number of benzene rings is 1. The van der Waals surface area contributed by atoms with E-state index in [0.717, 1.165) is 30.6 Å². The van der Waals surface area contributed by atoms with Gasteiger partial charge in [-0.05, 0) is 25.0 Å². The number of rotatable bonds is 10. The molecule has 22 heavy (non-hydrogen) atoms. The zero-order chi connectivity index (χ0) is 16.4. The second-order valence-corrected chi connectivity index (χ2v) is 6.45. The van der Waals surface area contributed by atoms with Crippen molar-refractivity contribution in [3.8, 4) is 0 Å². The van der Waals surface area contributed by atoms with E-state index in [2.05, 4.69) is 12.2 Å². The van der Waals surface area contributed by atoms with E-state index in [9.17, 15) is 9.59 Å². The summed E-state index contributed by atoms with van der Waals surface area (Å²) in [5.74, 6) is -0.833. The molecular weight excluding hydrogens is 298 g/mol. The fraction of sp³-hybridized carbons (Fsp3) is 0.529. The second-order valence-electron chi connectivity index (χ2n) is 5.21. The molecule has 0 aliphatic carbocycles. The average molecular weight is 323 g/mol. The van der Waals surface area contributed by atoms with Gasteiger partial charge in [-0.1, -0.05) is 45.2 Å². The number of carboxylic acids is 1. The van der Waals surface area contributed by atoms with Gasteiger partial charge >= 0.3 is 5.97 Å². The van der Waals surface area contributed by atoms with Gasteiger partial charge in [-0.25, -0.2) is 0 Å². The Bertz CT molecular complexity index is 491. The first kappa shape index (κ1) is 18.6. The Morgan fingerprint density at radius 3 is 2.55 bits per heavy atom. The molecule has 0 saturated carbocycles. The molecule has 0 spiro atoms. The van der Waals surface area contributed by atoms with E-state index in [1.165, 1.54) is 11.8 Å². The number of carbonyl (C=O) groups excluding carboxylic acids is 1. The van der Waals surface area contributed by atoms with Crippen LogP contribution >= 0.6 is 11.8 Å². The number of carboxylic acid groups (broad SMARTS) is 1. The van der Waals surface area contributed by atoms with Gasteiger partial charge in [-0.15, -0.1) is 11.8 Å². The van der Waals surface area contributed by atoms with Gasteiger partial charge in [-0.3, -0.25) is 9.59 Å². The molecule has 0 aliphatic rings. The lowest BCUT2D eigenvalue weighted by atomic mass is 10.1. The molecule has 0 aliphatic heterocycles. The van der Waals surface area contributed by atoms with Crippen LogP contribution in [0.4, 0.5) is 5.69 Å². The van der Waals surface area contributed by atoms with Crippen molar-refractivity contribution in [2.24, 2.45) is 0 Å². The van der Waals surface area contributed by atoms with Gasteiger partial charge in [0.1, 0.15) is 5.25 Å². The van der Waals surface area contributed by atoms with Crippen molar-refractivity contribution in [2.45, 2.75) is 62.5 Å². The molecule has 1 rings (SSSR count). The Labute approximate surface area is 136 Å². The summed E-state index contributed by atoms with van der Waals surface area (Å²) in [6.45, 7) is 3.99. The van der Waals surface area contributed by atoms with E-state index in [-0.39, 0.29) is 5.91 Å². The molecule has 1 amide bonds. The van der Waals surface area contributed by atoms with Crippen molar-refractivity contribution in [2.75, 3.05) is 5.32 Å². The Balaban J connectivity index is 2.63. The van der Waals surface area contributed by atoms with Crippen LogP contribution in [0, 0.1) is 0 Å². The molecule has 0 radical (unpaired) electrons. The van der Waals surface area contributed by atoms with E-state index in [0.29, 0.717) is 18.5 Å². The van der Waals surface area contributed by atoms with Gasteiger partial charge in [-0.2, -0.15) is 0 Å². The molecule has 1 atom stereocenters. The van der Waals surface area contributed by atoms with Gasteiger partial charge in [0, 0.05) is 11.3 Å².